The van der Waals surface area contributed by atoms with Gasteiger partial charge in [0.1, 0.15) is 23.8 Å². The third-order valence-corrected chi connectivity index (χ3v) is 6.19. The molecular weight excluding hydrogens is 495 g/mol. The monoisotopic (exact) mass is 519 g/mol. The number of fused-ring (bicyclic) bond motifs is 3. The third-order valence-electron chi connectivity index (χ3n) is 6.19. The van der Waals surface area contributed by atoms with Crippen molar-refractivity contribution in [3.05, 3.63) is 63.5 Å². The summed E-state index contributed by atoms with van der Waals surface area (Å²) in [7, 11) is 0. The highest BCUT2D eigenvalue weighted by atomic mass is 19.4. The summed E-state index contributed by atoms with van der Waals surface area (Å²) in [5, 5.41) is -0.0625. The maximum absolute atomic E-state index is 14.1. The second-order valence-corrected chi connectivity index (χ2v) is 8.77. The SMILES string of the molecule is CCOC(=O)c1ccc(Oc2c(C(F)(F)F)oc3c4c(ccc3c2=O)OCN(CC2CCCO2)C4)cc1. The van der Waals surface area contributed by atoms with Crippen molar-refractivity contribution in [2.75, 3.05) is 26.5 Å². The molecule has 1 atom stereocenters. The Bertz CT molecular complexity index is 1360. The molecule has 0 N–H and O–H groups in total. The molecule has 3 heterocycles. The predicted octanol–water partition coefficient (Wildman–Crippen LogP) is 5.11. The van der Waals surface area contributed by atoms with E-state index in [0.29, 0.717) is 24.5 Å². The molecule has 1 fully saturated rings. The topological polar surface area (TPSA) is 87.4 Å². The molecule has 196 valence electrons. The van der Waals surface area contributed by atoms with E-state index in [2.05, 4.69) is 0 Å². The standard InChI is InChI=1S/C26H24F3NO7/c1-2-33-25(32)15-5-7-16(8-6-15)36-23-21(31)18-9-10-20-19(22(18)37-24(23)26(27,28)29)13-30(14-35-20)12-17-4-3-11-34-17/h5-10,17H,2-4,11-14H2,1H3. The Kier molecular flexibility index (Phi) is 6.82. The van der Waals surface area contributed by atoms with Crippen molar-refractivity contribution >= 4 is 16.9 Å². The first-order chi connectivity index (χ1) is 17.7. The number of alkyl halides is 3. The van der Waals surface area contributed by atoms with Crippen molar-refractivity contribution in [3.63, 3.8) is 0 Å². The van der Waals surface area contributed by atoms with Crippen LogP contribution in [0, 0.1) is 0 Å². The highest BCUT2D eigenvalue weighted by Crippen LogP contribution is 2.41. The van der Waals surface area contributed by atoms with Crippen LogP contribution < -0.4 is 14.9 Å². The lowest BCUT2D eigenvalue weighted by Crippen LogP contribution is -2.37. The molecule has 2 aliphatic heterocycles. The Hall–Kier alpha value is -3.57. The maximum atomic E-state index is 14.1. The zero-order valence-corrected chi connectivity index (χ0v) is 19.9. The molecule has 2 aromatic carbocycles. The number of hydrogen-bond donors (Lipinski definition) is 0. The van der Waals surface area contributed by atoms with E-state index in [1.165, 1.54) is 30.3 Å². The zero-order chi connectivity index (χ0) is 26.2. The van der Waals surface area contributed by atoms with E-state index in [1.807, 2.05) is 4.90 Å². The number of esters is 1. The third kappa shape index (κ3) is 5.14. The number of carbonyl (C=O) groups is 1. The van der Waals surface area contributed by atoms with Crippen molar-refractivity contribution in [2.24, 2.45) is 0 Å². The fraction of sp³-hybridized carbons (Fsp3) is 0.385. The fourth-order valence-electron chi connectivity index (χ4n) is 4.46. The van der Waals surface area contributed by atoms with Crippen LogP contribution in [-0.4, -0.2) is 43.5 Å². The molecular formula is C26H24F3NO7. The average Bonchev–Trinajstić information content (AvgIpc) is 3.38. The lowest BCUT2D eigenvalue weighted by molar-refractivity contribution is -0.154. The fourth-order valence-corrected chi connectivity index (χ4v) is 4.46. The van der Waals surface area contributed by atoms with Gasteiger partial charge in [-0.1, -0.05) is 0 Å². The lowest BCUT2D eigenvalue weighted by atomic mass is 10.1. The van der Waals surface area contributed by atoms with E-state index in [0.717, 1.165) is 12.8 Å². The number of benzene rings is 2. The lowest BCUT2D eigenvalue weighted by Gasteiger charge is -2.30. The number of nitrogens with zero attached hydrogens (tertiary/aromatic N) is 1. The average molecular weight is 519 g/mol. The molecule has 0 spiro atoms. The van der Waals surface area contributed by atoms with E-state index in [4.69, 9.17) is 23.4 Å². The Morgan fingerprint density at radius 3 is 2.62 bits per heavy atom. The van der Waals surface area contributed by atoms with Crippen LogP contribution in [0.4, 0.5) is 13.2 Å². The molecule has 0 saturated carbocycles. The molecule has 0 radical (unpaired) electrons. The van der Waals surface area contributed by atoms with Crippen molar-refractivity contribution < 1.29 is 41.3 Å². The van der Waals surface area contributed by atoms with Gasteiger partial charge < -0.3 is 23.4 Å². The normalized spacial score (nSPS) is 17.9. The van der Waals surface area contributed by atoms with Gasteiger partial charge in [-0.3, -0.25) is 9.69 Å². The van der Waals surface area contributed by atoms with Gasteiger partial charge >= 0.3 is 12.1 Å². The molecule has 1 unspecified atom stereocenters. The van der Waals surface area contributed by atoms with Gasteiger partial charge in [0.15, 0.2) is 0 Å². The Labute approximate surface area is 209 Å². The molecule has 1 aromatic heterocycles. The molecule has 0 aliphatic carbocycles. The minimum atomic E-state index is -5.01. The Morgan fingerprint density at radius 2 is 1.95 bits per heavy atom. The van der Waals surface area contributed by atoms with Crippen LogP contribution in [0.1, 0.15) is 41.4 Å². The molecule has 8 nitrogen and oxygen atoms in total. The van der Waals surface area contributed by atoms with Crippen LogP contribution in [0.3, 0.4) is 0 Å². The van der Waals surface area contributed by atoms with Crippen molar-refractivity contribution in [1.29, 1.82) is 0 Å². The van der Waals surface area contributed by atoms with Crippen molar-refractivity contribution in [2.45, 2.75) is 38.6 Å². The van der Waals surface area contributed by atoms with E-state index in [9.17, 15) is 22.8 Å². The van der Waals surface area contributed by atoms with Gasteiger partial charge in [0, 0.05) is 19.7 Å². The molecule has 2 aliphatic rings. The predicted molar refractivity (Wildman–Crippen MR) is 125 cm³/mol. The van der Waals surface area contributed by atoms with Crippen molar-refractivity contribution in [3.8, 4) is 17.2 Å². The van der Waals surface area contributed by atoms with Crippen LogP contribution in [0.25, 0.3) is 11.0 Å². The molecule has 5 rings (SSSR count). The van der Waals surface area contributed by atoms with Crippen LogP contribution in [0.15, 0.2) is 45.6 Å². The number of rotatable bonds is 6. The molecule has 37 heavy (non-hydrogen) atoms. The van der Waals surface area contributed by atoms with E-state index < -0.39 is 29.1 Å². The summed E-state index contributed by atoms with van der Waals surface area (Å²) in [4.78, 5) is 27.0. The minimum absolute atomic E-state index is 0.0214. The summed E-state index contributed by atoms with van der Waals surface area (Å²) < 4.78 is 69.2. The zero-order valence-electron chi connectivity index (χ0n) is 19.9. The largest absolute Gasteiger partial charge is 0.478 e. The van der Waals surface area contributed by atoms with Crippen LogP contribution >= 0.6 is 0 Å². The second kappa shape index (κ2) is 10.1. The first-order valence-electron chi connectivity index (χ1n) is 11.9. The van der Waals surface area contributed by atoms with Gasteiger partial charge in [0.25, 0.3) is 5.76 Å². The second-order valence-electron chi connectivity index (χ2n) is 8.77. The van der Waals surface area contributed by atoms with Crippen LogP contribution in [0.2, 0.25) is 0 Å². The molecule has 11 heteroatoms. The van der Waals surface area contributed by atoms with E-state index in [-0.39, 0.29) is 48.3 Å². The first-order valence-corrected chi connectivity index (χ1v) is 11.9. The number of hydrogen-bond acceptors (Lipinski definition) is 8. The number of halogens is 3. The summed E-state index contributed by atoms with van der Waals surface area (Å²) in [5.41, 5.74) is -0.622. The van der Waals surface area contributed by atoms with Gasteiger partial charge in [-0.25, -0.2) is 4.79 Å². The smallest absolute Gasteiger partial charge is 0.453 e. The van der Waals surface area contributed by atoms with Gasteiger partial charge in [-0.15, -0.1) is 0 Å². The van der Waals surface area contributed by atoms with Crippen LogP contribution in [0.5, 0.6) is 17.2 Å². The molecule has 0 amide bonds. The minimum Gasteiger partial charge on any atom is -0.478 e. The summed E-state index contributed by atoms with van der Waals surface area (Å²) in [6.45, 7) is 3.54. The number of carbonyl (C=O) groups excluding carboxylic acids is 1. The van der Waals surface area contributed by atoms with Gasteiger partial charge in [-0.05, 0) is 56.2 Å². The summed E-state index contributed by atoms with van der Waals surface area (Å²) in [6, 6.07) is 8.13. The summed E-state index contributed by atoms with van der Waals surface area (Å²) >= 11 is 0. The Balaban J connectivity index is 1.52. The van der Waals surface area contributed by atoms with Gasteiger partial charge in [-0.2, -0.15) is 13.2 Å². The highest BCUT2D eigenvalue weighted by Gasteiger charge is 2.41. The molecule has 1 saturated heterocycles. The number of ether oxygens (including phenoxy) is 4. The molecule has 3 aromatic rings. The van der Waals surface area contributed by atoms with E-state index in [1.54, 1.807) is 13.0 Å². The summed E-state index contributed by atoms with van der Waals surface area (Å²) in [6.07, 6.45) is -3.14. The molecule has 0 bridgehead atoms. The first kappa shape index (κ1) is 25.1. The van der Waals surface area contributed by atoms with E-state index >= 15 is 0 Å². The van der Waals surface area contributed by atoms with Crippen LogP contribution in [-0.2, 0) is 22.2 Å². The maximum Gasteiger partial charge on any atom is 0.453 e. The highest BCUT2D eigenvalue weighted by molar-refractivity contribution is 5.89. The van der Waals surface area contributed by atoms with Gasteiger partial charge in [0.2, 0.25) is 11.2 Å². The van der Waals surface area contributed by atoms with Crippen molar-refractivity contribution in [1.82, 2.24) is 4.90 Å². The quantitative estimate of drug-likeness (QED) is 0.415. The van der Waals surface area contributed by atoms with Gasteiger partial charge in [0.05, 0.1) is 29.2 Å². The summed E-state index contributed by atoms with van der Waals surface area (Å²) in [5.74, 6) is -2.85. The Morgan fingerprint density at radius 1 is 1.16 bits per heavy atom.